The number of likely N-dealkylation sites (tertiary alicyclic amines) is 1. The fourth-order valence-electron chi connectivity index (χ4n) is 9.77. The van der Waals surface area contributed by atoms with Crippen molar-refractivity contribution in [3.05, 3.63) is 54.1 Å². The van der Waals surface area contributed by atoms with Crippen molar-refractivity contribution in [2.75, 3.05) is 42.9 Å². The molecular formula is C59H92N18O18S3. The second-order valence-electron chi connectivity index (χ2n) is 23.0. The molecule has 1 aliphatic heterocycles. The smallest absolute Gasteiger partial charge is 0.326 e. The Balaban J connectivity index is 1.86. The normalized spacial score (nSPS) is 16.6. The summed E-state index contributed by atoms with van der Waals surface area (Å²) < 4.78 is 0. The fraction of sp³-hybridized carbons (Fsp3) is 0.593. The van der Waals surface area contributed by atoms with Crippen LogP contribution >= 0.6 is 36.2 Å². The molecule has 1 saturated heterocycles. The molecule has 23 N–H and O–H groups in total. The van der Waals surface area contributed by atoms with E-state index in [1.54, 1.807) is 36.6 Å². The van der Waals surface area contributed by atoms with E-state index < -0.39 is 193 Å². The highest BCUT2D eigenvalue weighted by Gasteiger charge is 2.41. The molecule has 2 heterocycles. The summed E-state index contributed by atoms with van der Waals surface area (Å²) in [6.07, 6.45) is 0.592. The number of nitrogens with zero attached hydrogens (tertiary/aromatic N) is 3. The number of amides is 12. The summed E-state index contributed by atoms with van der Waals surface area (Å²) in [5.41, 5.74) is 22.9. The summed E-state index contributed by atoms with van der Waals surface area (Å²) in [4.78, 5) is 201. The molecule has 1 fully saturated rings. The number of imidazole rings is 1. The van der Waals surface area contributed by atoms with E-state index in [4.69, 9.17) is 22.9 Å². The van der Waals surface area contributed by atoms with E-state index in [0.29, 0.717) is 24.2 Å². The summed E-state index contributed by atoms with van der Waals surface area (Å²) in [6, 6.07) is -10.3. The number of carboxylic acid groups (broad SMARTS) is 2. The molecule has 1 aromatic heterocycles. The number of aliphatic carboxylic acids is 2. The molecule has 39 heteroatoms. The van der Waals surface area contributed by atoms with Gasteiger partial charge in [-0.3, -0.25) is 67.3 Å². The Kier molecular flexibility index (Phi) is 36.4. The van der Waals surface area contributed by atoms with Crippen LogP contribution in [0.5, 0.6) is 0 Å². The standard InChI is InChI=1S/C59H92N18O18S3/c1-29(47(83)70-37(58(94)95)13-9-19-65-59(62)63)67-48(84)36(18-22-98-5)69-49(85)35(15-16-43(61)80)68-50(86)39(24-33-26-64-28-66-33)72-51(87)40(25-44(81)82)73-55(91)45(30(2)78)76-56(92)46(31(3)79)75-52(88)38(23-32-11-7-6-8-12-32)71-53(89)41(27-96)74-54(90)42-14-10-20-77(42)57(93)34(60)17-21-97-4/h6-8,11-12,26,28-31,34-42,45-46,78-79,96H,9-10,13-25,27,60H2,1-5H3,(H2,61,80)(H,64,66)(H,67,84)(H,68,86)(H,69,85)(H,70,83)(H,71,89)(H,72,87)(H,73,91)(H,74,90)(H,75,88)(H,76,92)(H,81,82)(H,94,95)(H4,62,63,65)/t29-,30+,31+,34-,35-,36-,37-,38-,39-,40-,41-,42-,45-,46-/m0/s1. The number of thioether (sulfide) groups is 2. The van der Waals surface area contributed by atoms with Gasteiger partial charge < -0.3 is 106 Å². The van der Waals surface area contributed by atoms with Crippen LogP contribution in [0.3, 0.4) is 0 Å². The van der Waals surface area contributed by atoms with Gasteiger partial charge in [-0.25, -0.2) is 9.78 Å². The third-order valence-electron chi connectivity index (χ3n) is 15.1. The molecule has 0 radical (unpaired) electrons. The Bertz CT molecular complexity index is 3080. The number of aliphatic imine (C=N–C) groups is 1. The van der Waals surface area contributed by atoms with Crippen molar-refractivity contribution >= 4 is 125 Å². The minimum atomic E-state index is -2.12. The van der Waals surface area contributed by atoms with Crippen molar-refractivity contribution in [3.63, 3.8) is 0 Å². The van der Waals surface area contributed by atoms with E-state index in [1.165, 1.54) is 47.9 Å². The van der Waals surface area contributed by atoms with Crippen molar-refractivity contribution in [3.8, 4) is 0 Å². The lowest BCUT2D eigenvalue weighted by Gasteiger charge is -2.30. The predicted molar refractivity (Wildman–Crippen MR) is 362 cm³/mol. The first kappa shape index (κ1) is 83.4. The summed E-state index contributed by atoms with van der Waals surface area (Å²) in [5.74, 6) is -14.9. The molecule has 36 nitrogen and oxygen atoms in total. The predicted octanol–water partition coefficient (Wildman–Crippen LogP) is -6.54. The highest BCUT2D eigenvalue weighted by atomic mass is 32.2. The van der Waals surface area contributed by atoms with Crippen molar-refractivity contribution in [2.24, 2.45) is 27.9 Å². The average Bonchev–Trinajstić information content (AvgIpc) is 1.51. The van der Waals surface area contributed by atoms with Gasteiger partial charge in [-0.2, -0.15) is 36.2 Å². The van der Waals surface area contributed by atoms with Crippen LogP contribution < -0.4 is 76.1 Å². The number of carbonyl (C=O) groups excluding carboxylic acids is 12. The number of H-pyrrole nitrogens is 1. The molecule has 2 aromatic rings. The Labute approximate surface area is 579 Å². The van der Waals surface area contributed by atoms with Gasteiger partial charge in [0.05, 0.1) is 31.0 Å². The number of primary amides is 1. The number of carboxylic acids is 2. The Morgan fingerprint density at radius 3 is 1.69 bits per heavy atom. The molecule has 0 bridgehead atoms. The molecule has 12 amide bonds. The molecule has 544 valence electrons. The van der Waals surface area contributed by atoms with Crippen molar-refractivity contribution in [2.45, 2.75) is 176 Å². The number of guanidine groups is 1. The van der Waals surface area contributed by atoms with Crippen LogP contribution in [-0.2, 0) is 80.0 Å². The molecule has 0 saturated carbocycles. The first-order chi connectivity index (χ1) is 46.3. The van der Waals surface area contributed by atoms with E-state index in [0.717, 1.165) is 13.8 Å². The summed E-state index contributed by atoms with van der Waals surface area (Å²) in [6.45, 7) is 3.68. The highest BCUT2D eigenvalue weighted by molar-refractivity contribution is 7.98. The van der Waals surface area contributed by atoms with Crippen LogP contribution in [-0.4, -0.2) is 252 Å². The number of thiol groups is 1. The Hall–Kier alpha value is -8.79. The quantitative estimate of drug-likeness (QED) is 0.0127. The zero-order chi connectivity index (χ0) is 73.3. The zero-order valence-electron chi connectivity index (χ0n) is 54.9. The second kappa shape index (κ2) is 42.8. The number of nitrogens with two attached hydrogens (primary N) is 4. The van der Waals surface area contributed by atoms with Gasteiger partial charge in [0.1, 0.15) is 66.5 Å². The van der Waals surface area contributed by atoms with Gasteiger partial charge in [-0.05, 0) is 95.3 Å². The minimum Gasteiger partial charge on any atom is -0.481 e. The van der Waals surface area contributed by atoms with Gasteiger partial charge in [0.25, 0.3) is 0 Å². The van der Waals surface area contributed by atoms with Crippen LogP contribution in [0.2, 0.25) is 0 Å². The number of hydrogen-bond acceptors (Lipinski definition) is 22. The van der Waals surface area contributed by atoms with Crippen LogP contribution in [0.15, 0.2) is 47.8 Å². The molecule has 0 spiro atoms. The van der Waals surface area contributed by atoms with Gasteiger partial charge in [-0.15, -0.1) is 0 Å². The van der Waals surface area contributed by atoms with E-state index in [-0.39, 0.29) is 68.4 Å². The molecule has 1 aliphatic rings. The minimum absolute atomic E-state index is 0.0660. The van der Waals surface area contributed by atoms with Gasteiger partial charge >= 0.3 is 11.9 Å². The molecule has 0 aliphatic carbocycles. The third kappa shape index (κ3) is 28.7. The number of nitrogens with one attached hydrogen (secondary N) is 11. The molecule has 3 rings (SSSR count). The van der Waals surface area contributed by atoms with Crippen LogP contribution in [0, 0.1) is 0 Å². The number of carbonyl (C=O) groups is 14. The Morgan fingerprint density at radius 1 is 0.633 bits per heavy atom. The number of aromatic amines is 1. The number of aliphatic hydroxyl groups is 2. The van der Waals surface area contributed by atoms with Crippen molar-refractivity contribution in [1.29, 1.82) is 0 Å². The molecule has 1 aromatic carbocycles. The SMILES string of the molecule is CSCC[C@H](NC(=O)[C@H](CCC(N)=O)NC(=O)[C@H](Cc1cnc[nH]1)NC(=O)[C@H](CC(=O)O)NC(=O)[C@@H](NC(=O)[C@@H](NC(=O)[C@H](Cc1ccccc1)NC(=O)[C@H](CS)NC(=O)[C@@H]1CCCN1C(=O)[C@@H](N)CCSC)[C@@H](C)O)[C@@H](C)O)C(=O)N[C@@H](C)C(=O)N[C@@H](CCCN=C(N)N)C(=O)O. The number of aromatic nitrogens is 2. The van der Waals surface area contributed by atoms with Gasteiger partial charge in [0.2, 0.25) is 70.9 Å². The molecule has 14 atom stereocenters. The first-order valence-electron chi connectivity index (χ1n) is 31.2. The summed E-state index contributed by atoms with van der Waals surface area (Å²) >= 11 is 7.04. The van der Waals surface area contributed by atoms with E-state index >= 15 is 0 Å². The van der Waals surface area contributed by atoms with Crippen molar-refractivity contribution in [1.82, 2.24) is 68.0 Å². The number of benzene rings is 1. The zero-order valence-corrected chi connectivity index (χ0v) is 57.4. The lowest BCUT2D eigenvalue weighted by molar-refractivity contribution is -0.142. The van der Waals surface area contributed by atoms with E-state index in [1.807, 2.05) is 6.26 Å². The number of hydrogen-bond donors (Lipinski definition) is 20. The van der Waals surface area contributed by atoms with Gasteiger partial charge in [0, 0.05) is 50.0 Å². The van der Waals surface area contributed by atoms with Gasteiger partial charge in [-0.1, -0.05) is 30.3 Å². The van der Waals surface area contributed by atoms with Crippen molar-refractivity contribution < 1.29 is 87.5 Å². The van der Waals surface area contributed by atoms with Crippen LogP contribution in [0.4, 0.5) is 0 Å². The highest BCUT2D eigenvalue weighted by Crippen LogP contribution is 2.20. The molecular weight excluding hydrogens is 1340 g/mol. The monoisotopic (exact) mass is 1440 g/mol. The van der Waals surface area contributed by atoms with Crippen LogP contribution in [0.1, 0.15) is 89.8 Å². The number of rotatable bonds is 44. The second-order valence-corrected chi connectivity index (χ2v) is 25.4. The lowest BCUT2D eigenvalue weighted by Crippen LogP contribution is -2.64. The third-order valence-corrected chi connectivity index (χ3v) is 16.8. The van der Waals surface area contributed by atoms with E-state index in [2.05, 4.69) is 80.8 Å². The maximum Gasteiger partial charge on any atom is 0.326 e. The maximum atomic E-state index is 14.4. The fourth-order valence-corrected chi connectivity index (χ4v) is 11.0. The lowest BCUT2D eigenvalue weighted by atomic mass is 10.0. The van der Waals surface area contributed by atoms with Crippen LogP contribution in [0.25, 0.3) is 0 Å². The Morgan fingerprint density at radius 2 is 1.14 bits per heavy atom. The first-order valence-corrected chi connectivity index (χ1v) is 34.6. The molecule has 98 heavy (non-hydrogen) atoms. The number of aliphatic hydroxyl groups excluding tert-OH is 2. The average molecular weight is 1440 g/mol. The maximum absolute atomic E-state index is 14.4. The molecule has 0 unspecified atom stereocenters. The summed E-state index contributed by atoms with van der Waals surface area (Å²) in [7, 11) is 0. The van der Waals surface area contributed by atoms with Gasteiger partial charge in [0.15, 0.2) is 5.96 Å². The largest absolute Gasteiger partial charge is 0.481 e. The summed E-state index contributed by atoms with van der Waals surface area (Å²) in [5, 5.41) is 65.4. The topological polar surface area (TPSA) is 589 Å². The van der Waals surface area contributed by atoms with E-state index in [9.17, 15) is 87.5 Å².